The number of fused-ring (bicyclic) bond motifs is 4. The van der Waals surface area contributed by atoms with Gasteiger partial charge < -0.3 is 11.1 Å². The predicted octanol–water partition coefficient (Wildman–Crippen LogP) is 2.48. The van der Waals surface area contributed by atoms with E-state index in [1.807, 2.05) is 12.1 Å². The van der Waals surface area contributed by atoms with E-state index in [2.05, 4.69) is 17.6 Å². The Kier molecular flexibility index (Phi) is 5.45. The van der Waals surface area contributed by atoms with E-state index in [9.17, 15) is 19.2 Å². The van der Waals surface area contributed by atoms with Gasteiger partial charge in [-0.2, -0.15) is 0 Å². The number of primary amides is 1. The zero-order valence-corrected chi connectivity index (χ0v) is 19.4. The lowest BCUT2D eigenvalue weighted by Gasteiger charge is -2.29. The second-order valence-electron chi connectivity index (χ2n) is 9.16. The highest BCUT2D eigenvalue weighted by atomic mass is 35.5. The van der Waals surface area contributed by atoms with Gasteiger partial charge in [-0.3, -0.25) is 24.5 Å². The minimum atomic E-state index is -1.52. The van der Waals surface area contributed by atoms with Crippen LogP contribution in [0.5, 0.6) is 0 Å². The van der Waals surface area contributed by atoms with Crippen LogP contribution in [0.3, 0.4) is 0 Å². The molecule has 2 saturated heterocycles. The Morgan fingerprint density at radius 1 is 1.12 bits per heavy atom. The molecule has 34 heavy (non-hydrogen) atoms. The lowest BCUT2D eigenvalue weighted by Crippen LogP contribution is -2.53. The van der Waals surface area contributed by atoms with Crippen LogP contribution in [0.4, 0.5) is 11.4 Å². The first-order valence-corrected chi connectivity index (χ1v) is 11.8. The molecule has 0 bridgehead atoms. The van der Waals surface area contributed by atoms with Gasteiger partial charge >= 0.3 is 0 Å². The van der Waals surface area contributed by atoms with Gasteiger partial charge in [0.05, 0.1) is 17.5 Å². The fraction of sp³-hybridized carbons (Fsp3) is 0.360. The number of carbonyl (C=O) groups is 4. The molecule has 4 amide bonds. The van der Waals surface area contributed by atoms with E-state index < -0.39 is 47.0 Å². The number of hydrogen-bond acceptors (Lipinski definition) is 5. The summed E-state index contributed by atoms with van der Waals surface area (Å²) in [7, 11) is 0. The first-order valence-electron chi connectivity index (χ1n) is 11.4. The Labute approximate surface area is 201 Å². The maximum atomic E-state index is 13.8. The first kappa shape index (κ1) is 22.6. The van der Waals surface area contributed by atoms with Crippen LogP contribution in [-0.2, 0) is 31.1 Å². The van der Waals surface area contributed by atoms with Gasteiger partial charge in [-0.1, -0.05) is 37.1 Å². The summed E-state index contributed by atoms with van der Waals surface area (Å²) in [5.74, 6) is -3.98. The number of hydrogen-bond donors (Lipinski definition) is 3. The largest absolute Gasteiger partial charge is 0.370 e. The Balaban J connectivity index is 1.59. The Bertz CT molecular complexity index is 1210. The number of unbranched alkanes of at least 4 members (excludes halogenated alkanes) is 1. The van der Waals surface area contributed by atoms with E-state index in [1.54, 1.807) is 30.3 Å². The smallest absolute Gasteiger partial charge is 0.250 e. The van der Waals surface area contributed by atoms with E-state index >= 15 is 0 Å². The first-order chi connectivity index (χ1) is 16.3. The van der Waals surface area contributed by atoms with Crippen LogP contribution in [0, 0.1) is 11.8 Å². The van der Waals surface area contributed by atoms with E-state index in [1.165, 1.54) is 0 Å². The SMILES string of the molecule is CCCCc1ccc(N2C(=O)[C@H]3[C@H](CC(N)=O)N[C@@]4(C(=O)Nc5ccc(Cl)cc54)[C@@H]3C2=O)cc1. The van der Waals surface area contributed by atoms with Gasteiger partial charge in [-0.15, -0.1) is 0 Å². The van der Waals surface area contributed by atoms with Crippen molar-refractivity contribution in [3.63, 3.8) is 0 Å². The fourth-order valence-corrected chi connectivity index (χ4v) is 5.78. The summed E-state index contributed by atoms with van der Waals surface area (Å²) in [6.07, 6.45) is 2.84. The van der Waals surface area contributed by atoms with Crippen molar-refractivity contribution in [3.05, 3.63) is 58.6 Å². The Morgan fingerprint density at radius 2 is 1.85 bits per heavy atom. The quantitative estimate of drug-likeness (QED) is 0.548. The minimum absolute atomic E-state index is 0.186. The highest BCUT2D eigenvalue weighted by Gasteiger charge is 2.70. The van der Waals surface area contributed by atoms with E-state index in [-0.39, 0.29) is 6.42 Å². The average Bonchev–Trinajstić information content (AvgIpc) is 3.37. The number of benzene rings is 2. The van der Waals surface area contributed by atoms with Crippen molar-refractivity contribution in [2.45, 2.75) is 44.2 Å². The molecule has 0 radical (unpaired) electrons. The summed E-state index contributed by atoms with van der Waals surface area (Å²) in [5, 5.41) is 6.35. The molecule has 3 aliphatic rings. The molecule has 0 saturated carbocycles. The highest BCUT2D eigenvalue weighted by Crippen LogP contribution is 2.54. The van der Waals surface area contributed by atoms with Crippen LogP contribution in [0.15, 0.2) is 42.5 Å². The van der Waals surface area contributed by atoms with Gasteiger partial charge in [-0.05, 0) is 48.7 Å². The maximum Gasteiger partial charge on any atom is 0.250 e. The summed E-state index contributed by atoms with van der Waals surface area (Å²) in [5.41, 5.74) is 6.52. The molecule has 2 aromatic rings. The third kappa shape index (κ3) is 3.24. The van der Waals surface area contributed by atoms with Gasteiger partial charge in [0.15, 0.2) is 0 Å². The van der Waals surface area contributed by atoms with Crippen molar-refractivity contribution in [3.8, 4) is 0 Å². The lowest BCUT2D eigenvalue weighted by atomic mass is 9.76. The van der Waals surface area contributed by atoms with Crippen molar-refractivity contribution in [2.24, 2.45) is 17.6 Å². The van der Waals surface area contributed by atoms with Gasteiger partial charge in [0.1, 0.15) is 5.54 Å². The van der Waals surface area contributed by atoms with Crippen molar-refractivity contribution < 1.29 is 19.2 Å². The highest BCUT2D eigenvalue weighted by molar-refractivity contribution is 6.31. The lowest BCUT2D eigenvalue weighted by molar-refractivity contribution is -0.130. The molecule has 176 valence electrons. The van der Waals surface area contributed by atoms with E-state index in [4.69, 9.17) is 17.3 Å². The number of imide groups is 1. The predicted molar refractivity (Wildman–Crippen MR) is 127 cm³/mol. The summed E-state index contributed by atoms with van der Waals surface area (Å²) in [6, 6.07) is 11.5. The van der Waals surface area contributed by atoms with Crippen LogP contribution >= 0.6 is 11.6 Å². The van der Waals surface area contributed by atoms with Crippen LogP contribution in [0.25, 0.3) is 0 Å². The molecular formula is C25H25ClN4O4. The maximum absolute atomic E-state index is 13.8. The molecule has 4 N–H and O–H groups in total. The van der Waals surface area contributed by atoms with Crippen molar-refractivity contribution in [1.29, 1.82) is 0 Å². The third-order valence-corrected chi connectivity index (χ3v) is 7.35. The Hall–Kier alpha value is -3.23. The van der Waals surface area contributed by atoms with Gasteiger partial charge in [-0.25, -0.2) is 4.90 Å². The summed E-state index contributed by atoms with van der Waals surface area (Å²) < 4.78 is 0. The van der Waals surface area contributed by atoms with Crippen molar-refractivity contribution >= 4 is 46.6 Å². The molecule has 5 rings (SSSR count). The van der Waals surface area contributed by atoms with Gasteiger partial charge in [0.25, 0.3) is 0 Å². The molecule has 0 aromatic heterocycles. The fourth-order valence-electron chi connectivity index (χ4n) is 5.61. The zero-order chi connectivity index (χ0) is 24.2. The van der Waals surface area contributed by atoms with Crippen molar-refractivity contribution in [2.75, 3.05) is 10.2 Å². The number of rotatable bonds is 6. The molecule has 4 atom stereocenters. The molecule has 2 fully saturated rings. The molecule has 8 nitrogen and oxygen atoms in total. The molecule has 9 heteroatoms. The number of carbonyl (C=O) groups excluding carboxylic acids is 4. The average molecular weight is 481 g/mol. The third-order valence-electron chi connectivity index (χ3n) is 7.11. The molecular weight excluding hydrogens is 456 g/mol. The van der Waals surface area contributed by atoms with Gasteiger partial charge in [0.2, 0.25) is 23.6 Å². The normalized spacial score (nSPS) is 27.3. The number of aryl methyl sites for hydroxylation is 1. The number of amides is 4. The molecule has 3 aliphatic heterocycles. The van der Waals surface area contributed by atoms with Crippen LogP contribution in [0.2, 0.25) is 5.02 Å². The number of halogens is 1. The molecule has 2 aromatic carbocycles. The standard InChI is InChI=1S/C25H25ClN4O4/c1-2-3-4-13-5-8-15(9-6-13)30-22(32)20-18(12-19(27)31)29-25(21(20)23(30)33)16-11-14(26)7-10-17(16)28-24(25)34/h5-11,18,20-21,29H,2-4,12H2,1H3,(H2,27,31)(H,28,34)/t18-,20-,21-,25+/m0/s1. The topological polar surface area (TPSA) is 122 Å². The van der Waals surface area contributed by atoms with Crippen molar-refractivity contribution in [1.82, 2.24) is 5.32 Å². The summed E-state index contributed by atoms with van der Waals surface area (Å²) >= 11 is 6.23. The molecule has 0 unspecified atom stereocenters. The summed E-state index contributed by atoms with van der Waals surface area (Å²) in [4.78, 5) is 53.8. The van der Waals surface area contributed by atoms with Crippen LogP contribution in [0.1, 0.15) is 37.3 Å². The molecule has 1 spiro atoms. The number of nitrogens with two attached hydrogens (primary N) is 1. The monoisotopic (exact) mass is 480 g/mol. The second kappa shape index (κ2) is 8.21. The van der Waals surface area contributed by atoms with Crippen LogP contribution in [-0.4, -0.2) is 29.7 Å². The molecule has 0 aliphatic carbocycles. The number of anilines is 2. The number of nitrogens with one attached hydrogen (secondary N) is 2. The second-order valence-corrected chi connectivity index (χ2v) is 9.60. The summed E-state index contributed by atoms with van der Waals surface area (Å²) in [6.45, 7) is 2.12. The van der Waals surface area contributed by atoms with Crippen LogP contribution < -0.4 is 21.3 Å². The van der Waals surface area contributed by atoms with E-state index in [0.29, 0.717) is 22.0 Å². The van der Waals surface area contributed by atoms with E-state index in [0.717, 1.165) is 29.7 Å². The number of nitrogens with zero attached hydrogens (tertiary/aromatic N) is 1. The minimum Gasteiger partial charge on any atom is -0.370 e. The zero-order valence-electron chi connectivity index (χ0n) is 18.6. The molecule has 3 heterocycles. The Morgan fingerprint density at radius 3 is 2.53 bits per heavy atom. The van der Waals surface area contributed by atoms with Gasteiger partial charge in [0, 0.05) is 28.7 Å².